The summed E-state index contributed by atoms with van der Waals surface area (Å²) in [6.45, 7) is 0.0156. The molecule has 0 saturated heterocycles. The van der Waals surface area contributed by atoms with Crippen molar-refractivity contribution in [1.82, 2.24) is 20.2 Å². The van der Waals surface area contributed by atoms with Gasteiger partial charge in [0.05, 0.1) is 12.2 Å². The van der Waals surface area contributed by atoms with Gasteiger partial charge in [0.2, 0.25) is 0 Å². The fraction of sp³-hybridized carbons (Fsp3) is 0.182. The molecular formula is C11H10F3N5O. The van der Waals surface area contributed by atoms with E-state index in [4.69, 9.17) is 5.84 Å². The Morgan fingerprint density at radius 1 is 1.35 bits per heavy atom. The van der Waals surface area contributed by atoms with E-state index in [9.17, 15) is 18.0 Å². The van der Waals surface area contributed by atoms with Crippen LogP contribution in [0.4, 0.5) is 13.2 Å². The molecule has 0 aromatic carbocycles. The fourth-order valence-electron chi connectivity index (χ4n) is 1.53. The summed E-state index contributed by atoms with van der Waals surface area (Å²) in [7, 11) is 0. The molecule has 106 valence electrons. The molecule has 2 heterocycles. The molecule has 0 aliphatic carbocycles. The highest BCUT2D eigenvalue weighted by Gasteiger charge is 2.33. The van der Waals surface area contributed by atoms with E-state index in [2.05, 4.69) is 10.1 Å². The fourth-order valence-corrected chi connectivity index (χ4v) is 1.53. The molecule has 2 aromatic heterocycles. The van der Waals surface area contributed by atoms with Gasteiger partial charge < -0.3 is 0 Å². The van der Waals surface area contributed by atoms with Crippen molar-refractivity contribution in [3.63, 3.8) is 0 Å². The molecule has 3 N–H and O–H groups in total. The molecule has 0 saturated carbocycles. The number of alkyl halides is 3. The number of carbonyl (C=O) groups is 1. The van der Waals surface area contributed by atoms with E-state index in [1.165, 1.54) is 12.3 Å². The van der Waals surface area contributed by atoms with Gasteiger partial charge in [0, 0.05) is 6.20 Å². The maximum absolute atomic E-state index is 12.4. The van der Waals surface area contributed by atoms with E-state index in [1.807, 2.05) is 5.43 Å². The zero-order valence-corrected chi connectivity index (χ0v) is 10.1. The van der Waals surface area contributed by atoms with Crippen LogP contribution >= 0.6 is 0 Å². The summed E-state index contributed by atoms with van der Waals surface area (Å²) in [6.07, 6.45) is -3.29. The standard InChI is InChI=1S/C11H10F3N5O/c12-11(13,14)9-4-5-19(18-9)6-7-2-1-3-8(16-7)10(20)17-15/h1-5H,6,15H2,(H,17,20). The van der Waals surface area contributed by atoms with E-state index in [1.54, 1.807) is 12.1 Å². The topological polar surface area (TPSA) is 85.8 Å². The van der Waals surface area contributed by atoms with Crippen molar-refractivity contribution in [2.24, 2.45) is 5.84 Å². The van der Waals surface area contributed by atoms with Gasteiger partial charge in [-0.2, -0.15) is 18.3 Å². The number of nitrogens with two attached hydrogens (primary N) is 1. The summed E-state index contributed by atoms with van der Waals surface area (Å²) < 4.78 is 38.3. The van der Waals surface area contributed by atoms with E-state index < -0.39 is 17.8 Å². The molecule has 0 unspecified atom stereocenters. The Labute approximate surface area is 111 Å². The minimum atomic E-state index is -4.49. The summed E-state index contributed by atoms with van der Waals surface area (Å²) in [4.78, 5) is 15.3. The number of halogens is 3. The zero-order valence-electron chi connectivity index (χ0n) is 10.1. The number of carbonyl (C=O) groups excluding carboxylic acids is 1. The number of hydrazine groups is 1. The first kappa shape index (κ1) is 14.0. The summed E-state index contributed by atoms with van der Waals surface area (Å²) in [5.74, 6) is 4.40. The molecule has 0 atom stereocenters. The van der Waals surface area contributed by atoms with Gasteiger partial charge in [-0.3, -0.25) is 14.9 Å². The maximum Gasteiger partial charge on any atom is 0.435 e. The lowest BCUT2D eigenvalue weighted by Gasteiger charge is -2.04. The van der Waals surface area contributed by atoms with E-state index >= 15 is 0 Å². The Morgan fingerprint density at radius 2 is 2.10 bits per heavy atom. The van der Waals surface area contributed by atoms with Gasteiger partial charge in [0.15, 0.2) is 5.69 Å². The number of hydrogen-bond donors (Lipinski definition) is 2. The smallest absolute Gasteiger partial charge is 0.289 e. The summed E-state index contributed by atoms with van der Waals surface area (Å²) >= 11 is 0. The van der Waals surface area contributed by atoms with E-state index in [0.717, 1.165) is 10.7 Å². The Bertz CT molecular complexity index is 623. The molecule has 9 heteroatoms. The number of aromatic nitrogens is 3. The van der Waals surface area contributed by atoms with Crippen LogP contribution in [0.3, 0.4) is 0 Å². The van der Waals surface area contributed by atoms with Crippen LogP contribution in [-0.2, 0) is 12.7 Å². The van der Waals surface area contributed by atoms with Crippen molar-refractivity contribution < 1.29 is 18.0 Å². The second-order valence-corrected chi connectivity index (χ2v) is 3.88. The van der Waals surface area contributed by atoms with E-state index in [-0.39, 0.29) is 12.2 Å². The van der Waals surface area contributed by atoms with Crippen molar-refractivity contribution in [2.75, 3.05) is 0 Å². The van der Waals surface area contributed by atoms with Gasteiger partial charge >= 0.3 is 6.18 Å². The number of nitrogen functional groups attached to an aromatic ring is 1. The van der Waals surface area contributed by atoms with Crippen molar-refractivity contribution >= 4 is 5.91 Å². The van der Waals surface area contributed by atoms with Crippen LogP contribution in [0.5, 0.6) is 0 Å². The molecule has 2 rings (SSSR count). The van der Waals surface area contributed by atoms with Gasteiger partial charge in [-0.05, 0) is 18.2 Å². The van der Waals surface area contributed by atoms with Gasteiger partial charge in [0.1, 0.15) is 5.69 Å². The molecular weight excluding hydrogens is 275 g/mol. The van der Waals surface area contributed by atoms with Crippen molar-refractivity contribution in [3.8, 4) is 0 Å². The van der Waals surface area contributed by atoms with Crippen molar-refractivity contribution in [2.45, 2.75) is 12.7 Å². The van der Waals surface area contributed by atoms with Gasteiger partial charge in [-0.15, -0.1) is 0 Å². The maximum atomic E-state index is 12.4. The Balaban J connectivity index is 2.18. The second-order valence-electron chi connectivity index (χ2n) is 3.88. The van der Waals surface area contributed by atoms with Crippen molar-refractivity contribution in [3.05, 3.63) is 47.5 Å². The lowest BCUT2D eigenvalue weighted by Crippen LogP contribution is -2.30. The predicted molar refractivity (Wildman–Crippen MR) is 62.2 cm³/mol. The highest BCUT2D eigenvalue weighted by Crippen LogP contribution is 2.27. The normalized spacial score (nSPS) is 11.4. The Morgan fingerprint density at radius 3 is 2.70 bits per heavy atom. The van der Waals surface area contributed by atoms with Crippen LogP contribution < -0.4 is 11.3 Å². The first-order valence-electron chi connectivity index (χ1n) is 5.47. The molecule has 0 spiro atoms. The molecule has 1 amide bonds. The molecule has 2 aromatic rings. The molecule has 0 aliphatic rings. The number of amides is 1. The number of nitrogens with zero attached hydrogens (tertiary/aromatic N) is 3. The molecule has 0 fully saturated rings. The molecule has 0 aliphatic heterocycles. The highest BCUT2D eigenvalue weighted by atomic mass is 19.4. The highest BCUT2D eigenvalue weighted by molar-refractivity contribution is 5.91. The van der Waals surface area contributed by atoms with Crippen LogP contribution in [0, 0.1) is 0 Å². The first-order valence-corrected chi connectivity index (χ1v) is 5.47. The molecule has 20 heavy (non-hydrogen) atoms. The van der Waals surface area contributed by atoms with Crippen LogP contribution in [0.25, 0.3) is 0 Å². The first-order chi connectivity index (χ1) is 9.40. The average molecular weight is 285 g/mol. The van der Waals surface area contributed by atoms with Gasteiger partial charge in [-0.25, -0.2) is 10.8 Å². The third-order valence-electron chi connectivity index (χ3n) is 2.43. The minimum Gasteiger partial charge on any atom is -0.289 e. The zero-order chi connectivity index (χ0) is 14.8. The minimum absolute atomic E-state index is 0.0156. The number of rotatable bonds is 3. The summed E-state index contributed by atoms with van der Waals surface area (Å²) in [6, 6.07) is 5.44. The molecule has 0 bridgehead atoms. The van der Waals surface area contributed by atoms with Crippen molar-refractivity contribution in [1.29, 1.82) is 0 Å². The number of pyridine rings is 1. The molecule has 0 radical (unpaired) electrons. The number of nitrogens with one attached hydrogen (secondary N) is 1. The summed E-state index contributed by atoms with van der Waals surface area (Å²) in [5, 5.41) is 3.40. The van der Waals surface area contributed by atoms with Gasteiger partial charge in [0.25, 0.3) is 5.91 Å². The largest absolute Gasteiger partial charge is 0.435 e. The monoisotopic (exact) mass is 285 g/mol. The third kappa shape index (κ3) is 3.12. The Hall–Kier alpha value is -2.42. The SMILES string of the molecule is NNC(=O)c1cccc(Cn2ccc(C(F)(F)F)n2)n1. The molecule has 6 nitrogen and oxygen atoms in total. The van der Waals surface area contributed by atoms with Crippen LogP contribution in [0.1, 0.15) is 21.9 Å². The Kier molecular flexibility index (Phi) is 3.70. The lowest BCUT2D eigenvalue weighted by atomic mass is 10.3. The van der Waals surface area contributed by atoms with Crippen LogP contribution in [-0.4, -0.2) is 20.7 Å². The third-order valence-corrected chi connectivity index (χ3v) is 2.43. The quantitative estimate of drug-likeness (QED) is 0.499. The lowest BCUT2D eigenvalue weighted by molar-refractivity contribution is -0.141. The predicted octanol–water partition coefficient (Wildman–Crippen LogP) is 0.949. The average Bonchev–Trinajstić information content (AvgIpc) is 2.86. The number of hydrogen-bond acceptors (Lipinski definition) is 4. The summed E-state index contributed by atoms with van der Waals surface area (Å²) in [5.41, 5.74) is 1.41. The van der Waals surface area contributed by atoms with Gasteiger partial charge in [-0.1, -0.05) is 6.07 Å². The van der Waals surface area contributed by atoms with Crippen LogP contribution in [0.15, 0.2) is 30.5 Å². The van der Waals surface area contributed by atoms with E-state index in [0.29, 0.717) is 5.69 Å². The van der Waals surface area contributed by atoms with Crippen LogP contribution in [0.2, 0.25) is 0 Å². The second kappa shape index (κ2) is 5.29.